The highest BCUT2D eigenvalue weighted by atomic mass is 33.1. The van der Waals surface area contributed by atoms with Crippen molar-refractivity contribution in [2.75, 3.05) is 6.26 Å². The normalized spacial score (nSPS) is 15.6. The molecule has 0 saturated carbocycles. The van der Waals surface area contributed by atoms with Crippen molar-refractivity contribution in [2.45, 2.75) is 97.2 Å². The molecule has 0 rings (SSSR count). The van der Waals surface area contributed by atoms with Gasteiger partial charge < -0.3 is 4.74 Å². The van der Waals surface area contributed by atoms with Crippen LogP contribution in [-0.4, -0.2) is 38.9 Å². The lowest BCUT2D eigenvalue weighted by Crippen LogP contribution is -2.46. The summed E-state index contributed by atoms with van der Waals surface area (Å²) < 4.78 is 5.06. The van der Waals surface area contributed by atoms with Crippen LogP contribution in [0.25, 0.3) is 0 Å². The van der Waals surface area contributed by atoms with E-state index in [9.17, 15) is 14.4 Å². The van der Waals surface area contributed by atoms with Gasteiger partial charge in [-0.25, -0.2) is 0 Å². The molecular formula is C22H40O4S3. The maximum Gasteiger partial charge on any atom is 0.309 e. The third kappa shape index (κ3) is 8.86. The van der Waals surface area contributed by atoms with Gasteiger partial charge in [0.2, 0.25) is 11.6 Å². The van der Waals surface area contributed by atoms with Crippen LogP contribution in [0.15, 0.2) is 0 Å². The third-order valence-corrected chi connectivity index (χ3v) is 8.62. The number of carbonyl (C=O) groups is 3. The van der Waals surface area contributed by atoms with E-state index in [1.807, 2.05) is 40.9 Å². The second kappa shape index (κ2) is 10.4. The summed E-state index contributed by atoms with van der Waals surface area (Å²) in [7, 11) is 3.36. The van der Waals surface area contributed by atoms with Gasteiger partial charge in [0.15, 0.2) is 0 Å². The van der Waals surface area contributed by atoms with Crippen molar-refractivity contribution in [3.05, 3.63) is 0 Å². The van der Waals surface area contributed by atoms with Crippen LogP contribution in [0.4, 0.5) is 0 Å². The fourth-order valence-corrected chi connectivity index (χ4v) is 5.44. The molecule has 0 aliphatic heterocycles. The van der Waals surface area contributed by atoms with Crippen molar-refractivity contribution < 1.29 is 19.1 Å². The molecule has 0 aliphatic rings. The van der Waals surface area contributed by atoms with E-state index in [4.69, 9.17) is 4.74 Å². The van der Waals surface area contributed by atoms with E-state index >= 15 is 0 Å². The Labute approximate surface area is 191 Å². The molecule has 0 amide bonds. The number of ether oxygens (including phenoxy) is 1. The maximum absolute atomic E-state index is 12.9. The Balaban J connectivity index is 5.13. The highest BCUT2D eigenvalue weighted by molar-refractivity contribution is 8.76. The second-order valence-corrected chi connectivity index (χ2v) is 14.5. The van der Waals surface area contributed by atoms with Crippen molar-refractivity contribution in [1.29, 1.82) is 0 Å². The van der Waals surface area contributed by atoms with E-state index in [0.29, 0.717) is 6.42 Å². The van der Waals surface area contributed by atoms with E-state index in [1.54, 1.807) is 42.4 Å². The van der Waals surface area contributed by atoms with Gasteiger partial charge in [0.1, 0.15) is 5.60 Å². The molecular weight excluding hydrogens is 424 g/mol. The van der Waals surface area contributed by atoms with Crippen LogP contribution < -0.4 is 0 Å². The molecule has 0 radical (unpaired) electrons. The fraction of sp³-hybridized carbons (Fsp3) is 0.864. The maximum atomic E-state index is 12.9. The monoisotopic (exact) mass is 464 g/mol. The van der Waals surface area contributed by atoms with Gasteiger partial charge in [0.05, 0.1) is 5.92 Å². The zero-order valence-corrected chi connectivity index (χ0v) is 22.5. The molecule has 0 spiro atoms. The molecule has 2 unspecified atom stereocenters. The summed E-state index contributed by atoms with van der Waals surface area (Å²) in [6.45, 7) is 18.6. The number of carbonyl (C=O) groups excluding carboxylic acids is 3. The standard InChI is InChI=1S/C22H40O4S3/c1-14(13-20(5,6)29-28-11)16(23)17(24)19(3,4)12-15(2)18(25)26-21(7,8)22(9,10)27/h14-15,27H,12-13H2,1-11H3. The van der Waals surface area contributed by atoms with Crippen molar-refractivity contribution in [2.24, 2.45) is 17.3 Å². The molecule has 7 heteroatoms. The summed E-state index contributed by atoms with van der Waals surface area (Å²) in [4.78, 5) is 38.3. The number of ketones is 2. The van der Waals surface area contributed by atoms with Gasteiger partial charge in [0, 0.05) is 20.8 Å². The first kappa shape index (κ1) is 28.9. The minimum absolute atomic E-state index is 0.0960. The number of thiol groups is 1. The van der Waals surface area contributed by atoms with Crippen LogP contribution in [-0.2, 0) is 19.1 Å². The van der Waals surface area contributed by atoms with E-state index in [2.05, 4.69) is 26.5 Å². The average molecular weight is 465 g/mol. The number of rotatable bonds is 12. The van der Waals surface area contributed by atoms with Crippen LogP contribution in [0, 0.1) is 17.3 Å². The highest BCUT2D eigenvalue weighted by Gasteiger charge is 2.42. The van der Waals surface area contributed by atoms with E-state index in [1.165, 1.54) is 0 Å². The Morgan fingerprint density at radius 1 is 0.897 bits per heavy atom. The zero-order chi connectivity index (χ0) is 23.4. The number of hydrogen-bond acceptors (Lipinski definition) is 7. The van der Waals surface area contributed by atoms with Crippen molar-refractivity contribution in [3.8, 4) is 0 Å². The first-order valence-electron chi connectivity index (χ1n) is 10.0. The van der Waals surface area contributed by atoms with Crippen LogP contribution in [0.5, 0.6) is 0 Å². The molecule has 4 nitrogen and oxygen atoms in total. The predicted octanol–water partition coefficient (Wildman–Crippen LogP) is 6.02. The van der Waals surface area contributed by atoms with Gasteiger partial charge in [-0.05, 0) is 60.6 Å². The SMILES string of the molecule is CSSC(C)(C)CC(C)C(=O)C(=O)C(C)(C)CC(C)C(=O)OC(C)(C)C(C)(C)S. The molecule has 0 aromatic heterocycles. The van der Waals surface area contributed by atoms with Crippen LogP contribution in [0.2, 0.25) is 0 Å². The topological polar surface area (TPSA) is 60.4 Å². The van der Waals surface area contributed by atoms with Gasteiger partial charge in [-0.3, -0.25) is 14.4 Å². The lowest BCUT2D eigenvalue weighted by atomic mass is 9.75. The summed E-state index contributed by atoms with van der Waals surface area (Å²) in [5.41, 5.74) is -1.69. The van der Waals surface area contributed by atoms with E-state index < -0.39 is 27.5 Å². The molecule has 0 N–H and O–H groups in total. The van der Waals surface area contributed by atoms with Crippen LogP contribution in [0.1, 0.15) is 82.1 Å². The fourth-order valence-electron chi connectivity index (χ4n) is 3.07. The molecule has 0 aromatic carbocycles. The average Bonchev–Trinajstić information content (AvgIpc) is 2.50. The Bertz CT molecular complexity index is 604. The molecule has 29 heavy (non-hydrogen) atoms. The summed E-state index contributed by atoms with van der Waals surface area (Å²) in [6.07, 6.45) is 2.89. The van der Waals surface area contributed by atoms with Gasteiger partial charge in [-0.15, -0.1) is 0 Å². The lowest BCUT2D eigenvalue weighted by molar-refractivity contribution is -0.165. The number of esters is 1. The molecule has 0 bridgehead atoms. The summed E-state index contributed by atoms with van der Waals surface area (Å²) in [5.74, 6) is -2.01. The van der Waals surface area contributed by atoms with Gasteiger partial charge in [-0.2, -0.15) is 12.6 Å². The molecule has 0 aliphatic carbocycles. The van der Waals surface area contributed by atoms with Gasteiger partial charge in [0.25, 0.3) is 0 Å². The minimum Gasteiger partial charge on any atom is -0.458 e. The Hall–Kier alpha value is -0.140. The smallest absolute Gasteiger partial charge is 0.309 e. The Morgan fingerprint density at radius 2 is 1.38 bits per heavy atom. The quantitative estimate of drug-likeness (QED) is 0.165. The van der Waals surface area contributed by atoms with Gasteiger partial charge in [-0.1, -0.05) is 49.3 Å². The molecule has 0 fully saturated rings. The lowest BCUT2D eigenvalue weighted by Gasteiger charge is -2.38. The zero-order valence-electron chi connectivity index (χ0n) is 20.0. The van der Waals surface area contributed by atoms with Gasteiger partial charge >= 0.3 is 5.97 Å². The Kier molecular flexibility index (Phi) is 10.4. The van der Waals surface area contributed by atoms with Crippen molar-refractivity contribution >= 4 is 51.8 Å². The van der Waals surface area contributed by atoms with Crippen molar-refractivity contribution in [1.82, 2.24) is 0 Å². The highest BCUT2D eigenvalue weighted by Crippen LogP contribution is 2.39. The summed E-state index contributed by atoms with van der Waals surface area (Å²) >= 11 is 4.52. The molecule has 0 heterocycles. The molecule has 170 valence electrons. The first-order valence-corrected chi connectivity index (χ1v) is 13.0. The van der Waals surface area contributed by atoms with Crippen molar-refractivity contribution in [3.63, 3.8) is 0 Å². The summed E-state index contributed by atoms with van der Waals surface area (Å²) in [6, 6.07) is 0. The largest absolute Gasteiger partial charge is 0.458 e. The van der Waals surface area contributed by atoms with E-state index in [0.717, 1.165) is 0 Å². The first-order chi connectivity index (χ1) is 12.8. The second-order valence-electron chi connectivity index (χ2n) is 10.3. The number of hydrogen-bond donors (Lipinski definition) is 1. The molecule has 2 atom stereocenters. The molecule has 0 aromatic rings. The minimum atomic E-state index is -0.929. The predicted molar refractivity (Wildman–Crippen MR) is 130 cm³/mol. The molecule has 0 saturated heterocycles. The summed E-state index contributed by atoms with van der Waals surface area (Å²) in [5, 5.41) is 0. The van der Waals surface area contributed by atoms with E-state index in [-0.39, 0.29) is 28.8 Å². The third-order valence-electron chi connectivity index (χ3n) is 5.44. The Morgan fingerprint density at radius 3 is 1.79 bits per heavy atom. The van der Waals surface area contributed by atoms with Crippen LogP contribution in [0.3, 0.4) is 0 Å². The van der Waals surface area contributed by atoms with Crippen LogP contribution >= 0.6 is 34.2 Å². The number of Topliss-reactive ketones (excluding diaryl/α,β-unsaturated/α-hetero) is 2.